The SMILES string of the molecule is COc1cc2ncnc(Nc3cc(I)ccc3C(=O)O)c2c(OC)c1OC. The van der Waals surface area contributed by atoms with E-state index < -0.39 is 5.97 Å². The fourth-order valence-electron chi connectivity index (χ4n) is 2.72. The number of hydrogen-bond acceptors (Lipinski definition) is 7. The van der Waals surface area contributed by atoms with Crippen LogP contribution < -0.4 is 19.5 Å². The summed E-state index contributed by atoms with van der Waals surface area (Å²) in [5, 5.41) is 13.1. The molecule has 1 heterocycles. The number of carboxylic acid groups (broad SMARTS) is 1. The lowest BCUT2D eigenvalue weighted by molar-refractivity contribution is 0.0698. The minimum atomic E-state index is -1.04. The molecule has 0 aliphatic heterocycles. The van der Waals surface area contributed by atoms with E-state index >= 15 is 0 Å². The molecular formula is C18H16IN3O5. The number of carboxylic acids is 1. The molecule has 0 spiro atoms. The van der Waals surface area contributed by atoms with Crippen LogP contribution in [0.1, 0.15) is 10.4 Å². The predicted octanol–water partition coefficient (Wildman–Crippen LogP) is 3.70. The lowest BCUT2D eigenvalue weighted by Gasteiger charge is -2.17. The fraction of sp³-hybridized carbons (Fsp3) is 0.167. The van der Waals surface area contributed by atoms with Crippen molar-refractivity contribution in [3.63, 3.8) is 0 Å². The molecule has 0 bridgehead atoms. The number of nitrogens with zero attached hydrogens (tertiary/aromatic N) is 2. The van der Waals surface area contributed by atoms with Crippen molar-refractivity contribution in [2.24, 2.45) is 0 Å². The first kappa shape index (κ1) is 19.0. The number of aromatic carboxylic acids is 1. The van der Waals surface area contributed by atoms with Gasteiger partial charge in [-0.25, -0.2) is 14.8 Å². The number of aromatic nitrogens is 2. The van der Waals surface area contributed by atoms with Crippen LogP contribution in [-0.4, -0.2) is 42.4 Å². The number of hydrogen-bond donors (Lipinski definition) is 2. The average molecular weight is 481 g/mol. The topological polar surface area (TPSA) is 103 Å². The second kappa shape index (κ2) is 7.82. The number of nitrogens with one attached hydrogen (secondary N) is 1. The summed E-state index contributed by atoms with van der Waals surface area (Å²) in [7, 11) is 4.53. The van der Waals surface area contributed by atoms with E-state index in [4.69, 9.17) is 14.2 Å². The van der Waals surface area contributed by atoms with Crippen molar-refractivity contribution < 1.29 is 24.1 Å². The molecule has 9 heteroatoms. The van der Waals surface area contributed by atoms with Gasteiger partial charge in [-0.1, -0.05) is 0 Å². The molecule has 0 aliphatic carbocycles. The fourth-order valence-corrected chi connectivity index (χ4v) is 3.21. The third kappa shape index (κ3) is 3.54. The van der Waals surface area contributed by atoms with Crippen molar-refractivity contribution in [2.45, 2.75) is 0 Å². The summed E-state index contributed by atoms with van der Waals surface area (Å²) in [4.78, 5) is 20.1. The van der Waals surface area contributed by atoms with Crippen LogP contribution in [0.3, 0.4) is 0 Å². The first-order valence-corrected chi connectivity index (χ1v) is 8.81. The summed E-state index contributed by atoms with van der Waals surface area (Å²) in [5.74, 6) is 0.594. The monoisotopic (exact) mass is 481 g/mol. The Hall–Kier alpha value is -2.82. The molecule has 0 aliphatic rings. The number of ether oxygens (including phenoxy) is 3. The van der Waals surface area contributed by atoms with E-state index in [2.05, 4.69) is 37.9 Å². The van der Waals surface area contributed by atoms with Crippen LogP contribution in [0.15, 0.2) is 30.6 Å². The third-order valence-corrected chi connectivity index (χ3v) is 4.57. The zero-order valence-electron chi connectivity index (χ0n) is 14.7. The molecule has 3 rings (SSSR count). The molecule has 0 amide bonds. The molecule has 0 saturated carbocycles. The molecule has 0 radical (unpaired) electrons. The molecule has 0 atom stereocenters. The zero-order valence-corrected chi connectivity index (χ0v) is 16.9. The number of benzene rings is 2. The zero-order chi connectivity index (χ0) is 19.6. The molecule has 3 aromatic rings. The molecule has 0 fully saturated rings. The van der Waals surface area contributed by atoms with Crippen LogP contribution in [0.2, 0.25) is 0 Å². The van der Waals surface area contributed by atoms with E-state index in [0.29, 0.717) is 39.7 Å². The molecule has 8 nitrogen and oxygen atoms in total. The maximum Gasteiger partial charge on any atom is 0.337 e. The van der Waals surface area contributed by atoms with Gasteiger partial charge in [0.1, 0.15) is 12.1 Å². The Labute approximate surface area is 168 Å². The van der Waals surface area contributed by atoms with Crippen molar-refractivity contribution in [1.29, 1.82) is 0 Å². The number of methoxy groups -OCH3 is 3. The Morgan fingerprint density at radius 3 is 2.44 bits per heavy atom. The summed E-state index contributed by atoms with van der Waals surface area (Å²) in [5.41, 5.74) is 1.09. The second-order valence-corrected chi connectivity index (χ2v) is 6.63. The van der Waals surface area contributed by atoms with E-state index in [-0.39, 0.29) is 5.56 Å². The van der Waals surface area contributed by atoms with Gasteiger partial charge < -0.3 is 24.6 Å². The summed E-state index contributed by atoms with van der Waals surface area (Å²) < 4.78 is 17.2. The van der Waals surface area contributed by atoms with Crippen LogP contribution in [0, 0.1) is 3.57 Å². The number of rotatable bonds is 6. The van der Waals surface area contributed by atoms with Gasteiger partial charge in [-0.3, -0.25) is 0 Å². The summed E-state index contributed by atoms with van der Waals surface area (Å²) in [6, 6.07) is 6.69. The Morgan fingerprint density at radius 1 is 1.07 bits per heavy atom. The van der Waals surface area contributed by atoms with Gasteiger partial charge in [0, 0.05) is 9.64 Å². The van der Waals surface area contributed by atoms with Crippen molar-refractivity contribution in [1.82, 2.24) is 9.97 Å². The highest BCUT2D eigenvalue weighted by atomic mass is 127. The predicted molar refractivity (Wildman–Crippen MR) is 109 cm³/mol. The van der Waals surface area contributed by atoms with Gasteiger partial charge in [0.05, 0.1) is 43.5 Å². The van der Waals surface area contributed by atoms with Crippen LogP contribution in [0.4, 0.5) is 11.5 Å². The molecule has 1 aromatic heterocycles. The van der Waals surface area contributed by atoms with Crippen molar-refractivity contribution >= 4 is 51.0 Å². The smallest absolute Gasteiger partial charge is 0.337 e. The van der Waals surface area contributed by atoms with E-state index in [9.17, 15) is 9.90 Å². The highest BCUT2D eigenvalue weighted by Crippen LogP contribution is 2.45. The molecule has 2 N–H and O–H groups in total. The highest BCUT2D eigenvalue weighted by Gasteiger charge is 2.21. The van der Waals surface area contributed by atoms with E-state index in [0.717, 1.165) is 3.57 Å². The first-order chi connectivity index (χ1) is 13.0. The summed E-state index contributed by atoms with van der Waals surface area (Å²) >= 11 is 2.11. The van der Waals surface area contributed by atoms with Gasteiger partial charge in [-0.2, -0.15) is 0 Å². The molecule has 0 unspecified atom stereocenters. The lowest BCUT2D eigenvalue weighted by Crippen LogP contribution is -2.05. The van der Waals surface area contributed by atoms with Crippen LogP contribution in [-0.2, 0) is 0 Å². The Bertz CT molecular complexity index is 1030. The highest BCUT2D eigenvalue weighted by molar-refractivity contribution is 14.1. The van der Waals surface area contributed by atoms with Crippen LogP contribution in [0.5, 0.6) is 17.2 Å². The van der Waals surface area contributed by atoms with Gasteiger partial charge in [0.2, 0.25) is 5.75 Å². The number of halogens is 1. The van der Waals surface area contributed by atoms with Crippen LogP contribution in [0.25, 0.3) is 10.9 Å². The normalized spacial score (nSPS) is 10.5. The van der Waals surface area contributed by atoms with Gasteiger partial charge in [0.25, 0.3) is 0 Å². The Balaban J connectivity index is 2.25. The number of anilines is 2. The number of fused-ring (bicyclic) bond motifs is 1. The maximum atomic E-state index is 11.6. The number of carbonyl (C=O) groups is 1. The largest absolute Gasteiger partial charge is 0.493 e. The van der Waals surface area contributed by atoms with E-state index in [1.54, 1.807) is 18.2 Å². The van der Waals surface area contributed by atoms with Crippen molar-refractivity contribution in [2.75, 3.05) is 26.6 Å². The average Bonchev–Trinajstić information content (AvgIpc) is 2.66. The van der Waals surface area contributed by atoms with Crippen molar-refractivity contribution in [3.8, 4) is 17.2 Å². The van der Waals surface area contributed by atoms with E-state index in [1.165, 1.54) is 33.7 Å². The summed E-state index contributed by atoms with van der Waals surface area (Å²) in [6.45, 7) is 0. The second-order valence-electron chi connectivity index (χ2n) is 5.38. The van der Waals surface area contributed by atoms with E-state index in [1.807, 2.05) is 0 Å². The molecule has 0 saturated heterocycles. The third-order valence-electron chi connectivity index (χ3n) is 3.89. The van der Waals surface area contributed by atoms with Gasteiger partial charge in [0.15, 0.2) is 11.5 Å². The van der Waals surface area contributed by atoms with Gasteiger partial charge in [-0.15, -0.1) is 0 Å². The minimum Gasteiger partial charge on any atom is -0.493 e. The van der Waals surface area contributed by atoms with Gasteiger partial charge >= 0.3 is 5.97 Å². The molecule has 27 heavy (non-hydrogen) atoms. The van der Waals surface area contributed by atoms with Crippen molar-refractivity contribution in [3.05, 3.63) is 39.7 Å². The summed E-state index contributed by atoms with van der Waals surface area (Å²) in [6.07, 6.45) is 1.38. The Morgan fingerprint density at radius 2 is 1.81 bits per heavy atom. The first-order valence-electron chi connectivity index (χ1n) is 7.73. The molecular weight excluding hydrogens is 465 g/mol. The maximum absolute atomic E-state index is 11.6. The quantitative estimate of drug-likeness (QED) is 0.514. The minimum absolute atomic E-state index is 0.127. The van der Waals surface area contributed by atoms with Crippen LogP contribution >= 0.6 is 22.6 Å². The standard InChI is InChI=1S/C18H16IN3O5/c1-25-13-7-12-14(16(27-3)15(13)26-2)17(21-8-20-12)22-11-6-9(19)4-5-10(11)18(23)24/h4-8H,1-3H3,(H,23,24)(H,20,21,22). The Kier molecular flexibility index (Phi) is 5.49. The molecule has 140 valence electrons. The molecule has 2 aromatic carbocycles. The lowest BCUT2D eigenvalue weighted by atomic mass is 10.1. The van der Waals surface area contributed by atoms with Gasteiger partial charge in [-0.05, 0) is 40.8 Å².